The van der Waals surface area contributed by atoms with Gasteiger partial charge in [-0.15, -0.1) is 0 Å². The number of aryl methyl sites for hydroxylation is 1. The zero-order valence-electron chi connectivity index (χ0n) is 15.0. The van der Waals surface area contributed by atoms with Gasteiger partial charge in [0, 0.05) is 22.0 Å². The molecule has 146 valence electrons. The van der Waals surface area contributed by atoms with Gasteiger partial charge in [-0.05, 0) is 74.6 Å². The Hall–Kier alpha value is -2.62. The van der Waals surface area contributed by atoms with Crippen molar-refractivity contribution >= 4 is 56.2 Å². The smallest absolute Gasteiger partial charge is 0.264 e. The minimum Gasteiger partial charge on any atom is -0.337 e. The molecule has 1 aromatic heterocycles. The van der Waals surface area contributed by atoms with E-state index in [-0.39, 0.29) is 10.8 Å². The van der Waals surface area contributed by atoms with E-state index in [1.807, 2.05) is 0 Å². The van der Waals surface area contributed by atoms with E-state index < -0.39 is 10.0 Å². The summed E-state index contributed by atoms with van der Waals surface area (Å²) in [5.74, 6) is 0.105. The molecule has 10 heteroatoms. The third-order valence-corrected chi connectivity index (χ3v) is 5.71. The number of benzene rings is 2. The van der Waals surface area contributed by atoms with Gasteiger partial charge in [0.2, 0.25) is 5.88 Å². The van der Waals surface area contributed by atoms with Gasteiger partial charge < -0.3 is 15.2 Å². The highest BCUT2D eigenvalue weighted by atomic mass is 35.5. The van der Waals surface area contributed by atoms with Crippen LogP contribution in [0.15, 0.2) is 57.9 Å². The molecule has 0 amide bonds. The lowest BCUT2D eigenvalue weighted by molar-refractivity contribution is 0.430. The molecule has 7 nitrogen and oxygen atoms in total. The number of nitrogens with zero attached hydrogens (tertiary/aromatic N) is 1. The number of hydrogen-bond donors (Lipinski definition) is 3. The zero-order chi connectivity index (χ0) is 20.3. The number of anilines is 3. The molecule has 3 rings (SSSR count). The lowest BCUT2D eigenvalue weighted by Gasteiger charge is -2.11. The van der Waals surface area contributed by atoms with Gasteiger partial charge in [0.05, 0.1) is 10.6 Å². The summed E-state index contributed by atoms with van der Waals surface area (Å²) in [6.45, 7) is 3.46. The Bertz CT molecular complexity index is 1090. The molecule has 0 aliphatic carbocycles. The van der Waals surface area contributed by atoms with E-state index in [2.05, 4.69) is 20.5 Å². The molecule has 2 aromatic carbocycles. The Labute approximate surface area is 173 Å². The molecule has 0 radical (unpaired) electrons. The van der Waals surface area contributed by atoms with E-state index in [0.717, 1.165) is 5.69 Å². The van der Waals surface area contributed by atoms with E-state index in [1.54, 1.807) is 50.2 Å². The van der Waals surface area contributed by atoms with Gasteiger partial charge in [-0.2, -0.15) is 0 Å². The molecule has 3 aromatic rings. The van der Waals surface area contributed by atoms with Crippen molar-refractivity contribution in [2.45, 2.75) is 18.7 Å². The second kappa shape index (κ2) is 8.17. The summed E-state index contributed by atoms with van der Waals surface area (Å²) < 4.78 is 32.4. The van der Waals surface area contributed by atoms with E-state index >= 15 is 0 Å². The number of nitrogens with one attached hydrogen (secondary N) is 3. The average Bonchev–Trinajstić information content (AvgIpc) is 2.96. The molecule has 0 spiro atoms. The van der Waals surface area contributed by atoms with Gasteiger partial charge in [-0.25, -0.2) is 13.1 Å². The predicted molar refractivity (Wildman–Crippen MR) is 115 cm³/mol. The molecule has 3 N–H and O–H groups in total. The minimum atomic E-state index is -3.79. The fourth-order valence-electron chi connectivity index (χ4n) is 2.24. The van der Waals surface area contributed by atoms with Crippen molar-refractivity contribution in [1.82, 2.24) is 5.16 Å². The predicted octanol–water partition coefficient (Wildman–Crippen LogP) is 4.55. The first-order valence-electron chi connectivity index (χ1n) is 8.14. The molecule has 28 heavy (non-hydrogen) atoms. The molecule has 0 saturated heterocycles. The van der Waals surface area contributed by atoms with Crippen LogP contribution in [0.2, 0.25) is 5.02 Å². The largest absolute Gasteiger partial charge is 0.337 e. The minimum absolute atomic E-state index is 0.0862. The maximum atomic E-state index is 12.5. The Morgan fingerprint density at radius 3 is 2.04 bits per heavy atom. The SMILES string of the molecule is Cc1noc(NS(=O)(=O)c2ccc(NC(=S)Nc3ccc(Cl)cc3)cc2)c1C. The number of thiocarbonyl (C=S) groups is 1. The van der Waals surface area contributed by atoms with Crippen LogP contribution in [0, 0.1) is 13.8 Å². The van der Waals surface area contributed by atoms with Crippen LogP contribution in [-0.2, 0) is 10.0 Å². The van der Waals surface area contributed by atoms with E-state index in [9.17, 15) is 8.42 Å². The summed E-state index contributed by atoms with van der Waals surface area (Å²) in [6.07, 6.45) is 0. The van der Waals surface area contributed by atoms with Gasteiger partial charge >= 0.3 is 0 Å². The van der Waals surface area contributed by atoms with Crippen LogP contribution in [0.5, 0.6) is 0 Å². The molecule has 0 bridgehead atoms. The van der Waals surface area contributed by atoms with Crippen LogP contribution in [0.25, 0.3) is 0 Å². The molecule has 0 aliphatic rings. The average molecular weight is 437 g/mol. The molecule has 0 atom stereocenters. The zero-order valence-corrected chi connectivity index (χ0v) is 17.4. The molecule has 0 fully saturated rings. The van der Waals surface area contributed by atoms with Crippen molar-refractivity contribution in [3.63, 3.8) is 0 Å². The molecule has 0 unspecified atom stereocenters. The lowest BCUT2D eigenvalue weighted by Crippen LogP contribution is -2.19. The van der Waals surface area contributed by atoms with Crippen molar-refractivity contribution < 1.29 is 12.9 Å². The quantitative estimate of drug-likeness (QED) is 0.504. The van der Waals surface area contributed by atoms with Gasteiger partial charge in [0.1, 0.15) is 0 Å². The third-order valence-electron chi connectivity index (χ3n) is 3.91. The van der Waals surface area contributed by atoms with Crippen molar-refractivity contribution in [3.05, 3.63) is 64.8 Å². The second-order valence-corrected chi connectivity index (χ2v) is 8.47. The highest BCUT2D eigenvalue weighted by Crippen LogP contribution is 2.22. The second-order valence-electron chi connectivity index (χ2n) is 5.94. The van der Waals surface area contributed by atoms with Crippen LogP contribution in [0.4, 0.5) is 17.3 Å². The Morgan fingerprint density at radius 1 is 1.00 bits per heavy atom. The van der Waals surface area contributed by atoms with E-state index in [1.165, 1.54) is 12.1 Å². The Balaban J connectivity index is 1.66. The van der Waals surface area contributed by atoms with Crippen molar-refractivity contribution in [2.75, 3.05) is 15.4 Å². The first kappa shape index (κ1) is 20.1. The van der Waals surface area contributed by atoms with Gasteiger partial charge in [-0.1, -0.05) is 16.8 Å². The fourth-order valence-corrected chi connectivity index (χ4v) is 3.64. The molecule has 1 heterocycles. The van der Waals surface area contributed by atoms with Crippen LogP contribution in [0.3, 0.4) is 0 Å². The summed E-state index contributed by atoms with van der Waals surface area (Å²) >= 11 is 11.1. The normalized spacial score (nSPS) is 11.1. The number of hydrogen-bond acceptors (Lipinski definition) is 5. The summed E-state index contributed by atoms with van der Waals surface area (Å²) in [4.78, 5) is 0.0862. The summed E-state index contributed by atoms with van der Waals surface area (Å²) in [5, 5.41) is 10.7. The van der Waals surface area contributed by atoms with Crippen molar-refractivity contribution in [3.8, 4) is 0 Å². The summed E-state index contributed by atoms with van der Waals surface area (Å²) in [5.41, 5.74) is 2.68. The van der Waals surface area contributed by atoms with E-state index in [0.29, 0.717) is 27.1 Å². The van der Waals surface area contributed by atoms with Gasteiger partial charge in [0.25, 0.3) is 10.0 Å². The first-order chi connectivity index (χ1) is 13.2. The van der Waals surface area contributed by atoms with Crippen molar-refractivity contribution in [1.29, 1.82) is 0 Å². The summed E-state index contributed by atoms with van der Waals surface area (Å²) in [6, 6.07) is 13.2. The third kappa shape index (κ3) is 4.80. The highest BCUT2D eigenvalue weighted by Gasteiger charge is 2.19. The molecular weight excluding hydrogens is 420 g/mol. The number of halogens is 1. The standard InChI is InChI=1S/C18H17ClN4O3S2/c1-11-12(2)22-26-17(11)23-28(24,25)16-9-7-15(8-10-16)21-18(27)20-14-5-3-13(19)4-6-14/h3-10,23H,1-2H3,(H2,20,21,27). The van der Waals surface area contributed by atoms with Crippen LogP contribution >= 0.6 is 23.8 Å². The molecule has 0 saturated carbocycles. The Kier molecular flexibility index (Phi) is 5.87. The van der Waals surface area contributed by atoms with E-state index in [4.69, 9.17) is 28.3 Å². The maximum Gasteiger partial charge on any atom is 0.264 e. The van der Waals surface area contributed by atoms with Crippen LogP contribution < -0.4 is 15.4 Å². The number of sulfonamides is 1. The number of rotatable bonds is 5. The summed E-state index contributed by atoms with van der Waals surface area (Å²) in [7, 11) is -3.79. The number of aromatic nitrogens is 1. The topological polar surface area (TPSA) is 96.3 Å². The monoisotopic (exact) mass is 436 g/mol. The molecular formula is C18H17ClN4O3S2. The van der Waals surface area contributed by atoms with Crippen LogP contribution in [-0.4, -0.2) is 18.7 Å². The van der Waals surface area contributed by atoms with Crippen LogP contribution in [0.1, 0.15) is 11.3 Å². The first-order valence-corrected chi connectivity index (χ1v) is 10.4. The fraction of sp³-hybridized carbons (Fsp3) is 0.111. The highest BCUT2D eigenvalue weighted by molar-refractivity contribution is 7.92. The Morgan fingerprint density at radius 2 is 1.54 bits per heavy atom. The van der Waals surface area contributed by atoms with Gasteiger partial charge in [-0.3, -0.25) is 0 Å². The maximum absolute atomic E-state index is 12.5. The van der Waals surface area contributed by atoms with Crippen molar-refractivity contribution in [2.24, 2.45) is 0 Å². The van der Waals surface area contributed by atoms with Gasteiger partial charge in [0.15, 0.2) is 5.11 Å². The lowest BCUT2D eigenvalue weighted by atomic mass is 10.3. The molecule has 0 aliphatic heterocycles.